The number of para-hydroxylation sites is 1. The summed E-state index contributed by atoms with van der Waals surface area (Å²) in [6.07, 6.45) is 5.45. The second-order valence-electron chi connectivity index (χ2n) is 6.05. The highest BCUT2D eigenvalue weighted by molar-refractivity contribution is 7.19. The van der Waals surface area contributed by atoms with Gasteiger partial charge in [0.2, 0.25) is 0 Å². The first kappa shape index (κ1) is 17.6. The molecule has 0 radical (unpaired) electrons. The summed E-state index contributed by atoms with van der Waals surface area (Å²) in [4.78, 5) is 10.8. The predicted molar refractivity (Wildman–Crippen MR) is 122 cm³/mol. The van der Waals surface area contributed by atoms with Crippen molar-refractivity contribution in [3.05, 3.63) is 82.0 Å². The molecule has 0 atom stereocenters. The Morgan fingerprint density at radius 2 is 1.74 bits per heavy atom. The Hall–Kier alpha value is -2.82. The first-order valence-electron chi connectivity index (χ1n) is 8.57. The minimum Gasteiger partial charge on any atom is -0.252 e. The molecule has 0 saturated carbocycles. The summed E-state index contributed by atoms with van der Waals surface area (Å²) in [5.74, 6) is 0. The molecule has 2 aromatic carbocycles. The lowest BCUT2D eigenvalue weighted by Crippen LogP contribution is -1.84. The molecular weight excluding hydrogens is 368 g/mol. The summed E-state index contributed by atoms with van der Waals surface area (Å²) in [6, 6.07) is 14.5. The van der Waals surface area contributed by atoms with Gasteiger partial charge in [-0.1, -0.05) is 61.7 Å². The molecule has 27 heavy (non-hydrogen) atoms. The summed E-state index contributed by atoms with van der Waals surface area (Å²) >= 11 is 3.42. The van der Waals surface area contributed by atoms with Gasteiger partial charge in [0.25, 0.3) is 0 Å². The van der Waals surface area contributed by atoms with Crippen LogP contribution in [0.15, 0.2) is 66.0 Å². The lowest BCUT2D eigenvalue weighted by Gasteiger charge is -2.04. The van der Waals surface area contributed by atoms with Crippen LogP contribution in [0.4, 0.5) is 5.69 Å². The molecule has 0 spiro atoms. The lowest BCUT2D eigenvalue weighted by molar-refractivity contribution is 1.38. The molecule has 4 heteroatoms. The van der Waals surface area contributed by atoms with E-state index in [1.165, 1.54) is 20.5 Å². The van der Waals surface area contributed by atoms with E-state index in [2.05, 4.69) is 54.7 Å². The average molecular weight is 387 g/mol. The molecule has 0 saturated heterocycles. The van der Waals surface area contributed by atoms with Gasteiger partial charge in [-0.3, -0.25) is 4.99 Å². The standard InChI is InChI=1S/C23H18N2S2/c1-4-16-9-8-10-17(5-2)23(16)24-13-21-25-19(14-26-21)22-15(3)27-20-12-7-6-11-18(20)22/h4-14H,1-2H2,3H3/b24-13+. The van der Waals surface area contributed by atoms with Crippen LogP contribution in [0.2, 0.25) is 0 Å². The van der Waals surface area contributed by atoms with Crippen molar-refractivity contribution in [3.63, 3.8) is 0 Å². The zero-order valence-electron chi connectivity index (χ0n) is 15.0. The van der Waals surface area contributed by atoms with Crippen LogP contribution in [0.3, 0.4) is 0 Å². The summed E-state index contributed by atoms with van der Waals surface area (Å²) < 4.78 is 1.30. The second-order valence-corrected chi connectivity index (χ2v) is 8.20. The van der Waals surface area contributed by atoms with Gasteiger partial charge in [0.1, 0.15) is 5.01 Å². The summed E-state index contributed by atoms with van der Waals surface area (Å²) in [7, 11) is 0. The molecule has 2 nitrogen and oxygen atoms in total. The Morgan fingerprint density at radius 1 is 1.00 bits per heavy atom. The number of aliphatic imine (C=N–C) groups is 1. The van der Waals surface area contributed by atoms with E-state index < -0.39 is 0 Å². The quantitative estimate of drug-likeness (QED) is 0.329. The van der Waals surface area contributed by atoms with Crippen molar-refractivity contribution < 1.29 is 0 Å². The number of rotatable bonds is 5. The Kier molecular flexibility index (Phi) is 4.84. The van der Waals surface area contributed by atoms with Crippen molar-refractivity contribution >= 4 is 56.8 Å². The molecule has 2 aromatic heterocycles. The molecule has 4 rings (SSSR count). The molecule has 132 valence electrons. The Labute approximate surface area is 166 Å². The van der Waals surface area contributed by atoms with E-state index in [1.54, 1.807) is 11.3 Å². The second kappa shape index (κ2) is 7.43. The van der Waals surface area contributed by atoms with Gasteiger partial charge in [-0.25, -0.2) is 4.98 Å². The molecule has 0 unspecified atom stereocenters. The average Bonchev–Trinajstić information content (AvgIpc) is 3.28. The molecule has 4 aromatic rings. The normalized spacial score (nSPS) is 11.3. The van der Waals surface area contributed by atoms with Gasteiger partial charge in [-0.15, -0.1) is 22.7 Å². The molecule has 0 bridgehead atoms. The fourth-order valence-corrected chi connectivity index (χ4v) is 4.87. The maximum Gasteiger partial charge on any atom is 0.135 e. The molecule has 0 fully saturated rings. The Balaban J connectivity index is 1.72. The predicted octanol–water partition coefficient (Wildman–Crippen LogP) is 7.37. The lowest BCUT2D eigenvalue weighted by atomic mass is 10.1. The van der Waals surface area contributed by atoms with Crippen LogP contribution >= 0.6 is 22.7 Å². The highest BCUT2D eigenvalue weighted by Crippen LogP contribution is 2.38. The van der Waals surface area contributed by atoms with Gasteiger partial charge < -0.3 is 0 Å². The maximum absolute atomic E-state index is 4.81. The van der Waals surface area contributed by atoms with E-state index in [0.717, 1.165) is 27.5 Å². The molecule has 2 heterocycles. The molecule has 0 aliphatic carbocycles. The third kappa shape index (κ3) is 3.29. The molecule has 0 N–H and O–H groups in total. The van der Waals surface area contributed by atoms with Crippen LogP contribution in [0, 0.1) is 6.92 Å². The Bertz CT molecular complexity index is 1150. The van der Waals surface area contributed by atoms with Crippen LogP contribution in [0.1, 0.15) is 21.0 Å². The van der Waals surface area contributed by atoms with E-state index in [-0.39, 0.29) is 0 Å². The van der Waals surface area contributed by atoms with E-state index in [1.807, 2.05) is 47.9 Å². The van der Waals surface area contributed by atoms with Crippen molar-refractivity contribution in [2.24, 2.45) is 4.99 Å². The van der Waals surface area contributed by atoms with E-state index in [9.17, 15) is 0 Å². The highest BCUT2D eigenvalue weighted by atomic mass is 32.1. The van der Waals surface area contributed by atoms with Crippen molar-refractivity contribution in [2.45, 2.75) is 6.92 Å². The number of benzene rings is 2. The van der Waals surface area contributed by atoms with Crippen LogP contribution < -0.4 is 0 Å². The van der Waals surface area contributed by atoms with Crippen molar-refractivity contribution in [3.8, 4) is 11.3 Å². The smallest absolute Gasteiger partial charge is 0.135 e. The van der Waals surface area contributed by atoms with Crippen LogP contribution in [0.5, 0.6) is 0 Å². The number of nitrogens with zero attached hydrogens (tertiary/aromatic N) is 2. The van der Waals surface area contributed by atoms with Crippen molar-refractivity contribution in [1.82, 2.24) is 4.98 Å². The minimum atomic E-state index is 0.872. The van der Waals surface area contributed by atoms with Crippen molar-refractivity contribution in [2.75, 3.05) is 0 Å². The number of aryl methyl sites for hydroxylation is 1. The number of aromatic nitrogens is 1. The fourth-order valence-electron chi connectivity index (χ4n) is 3.13. The molecule has 0 aliphatic heterocycles. The van der Waals surface area contributed by atoms with Gasteiger partial charge >= 0.3 is 0 Å². The number of thiazole rings is 1. The van der Waals surface area contributed by atoms with Gasteiger partial charge in [0.05, 0.1) is 17.6 Å². The number of thiophene rings is 1. The first-order chi connectivity index (χ1) is 13.2. The highest BCUT2D eigenvalue weighted by Gasteiger charge is 2.13. The molecule has 0 amide bonds. The van der Waals surface area contributed by atoms with Crippen molar-refractivity contribution in [1.29, 1.82) is 0 Å². The SMILES string of the molecule is C=Cc1cccc(C=C)c1/N=C/c1nc(-c2c(C)sc3ccccc23)cs1. The zero-order chi connectivity index (χ0) is 18.8. The maximum atomic E-state index is 4.81. The van der Waals surface area contributed by atoms with E-state index in [0.29, 0.717) is 0 Å². The van der Waals surface area contributed by atoms with Gasteiger partial charge in [0.15, 0.2) is 0 Å². The largest absolute Gasteiger partial charge is 0.252 e. The van der Waals surface area contributed by atoms with Gasteiger partial charge in [-0.05, 0) is 13.0 Å². The van der Waals surface area contributed by atoms with Gasteiger partial charge in [-0.2, -0.15) is 0 Å². The van der Waals surface area contributed by atoms with Crippen LogP contribution in [-0.4, -0.2) is 11.2 Å². The Morgan fingerprint density at radius 3 is 2.48 bits per heavy atom. The molecular formula is C23H18N2S2. The minimum absolute atomic E-state index is 0.872. The monoisotopic (exact) mass is 386 g/mol. The van der Waals surface area contributed by atoms with E-state index in [4.69, 9.17) is 4.98 Å². The third-order valence-corrected chi connectivity index (χ3v) is 6.26. The number of hydrogen-bond acceptors (Lipinski definition) is 4. The van der Waals surface area contributed by atoms with E-state index >= 15 is 0 Å². The fraction of sp³-hybridized carbons (Fsp3) is 0.0435. The van der Waals surface area contributed by atoms with Gasteiger partial charge in [0, 0.05) is 37.0 Å². The van der Waals surface area contributed by atoms with Crippen LogP contribution in [-0.2, 0) is 0 Å². The summed E-state index contributed by atoms with van der Waals surface area (Å²) in [5.41, 5.74) is 5.08. The summed E-state index contributed by atoms with van der Waals surface area (Å²) in [6.45, 7) is 9.91. The first-order valence-corrected chi connectivity index (χ1v) is 10.3. The third-order valence-electron chi connectivity index (χ3n) is 4.39. The molecule has 0 aliphatic rings. The number of fused-ring (bicyclic) bond motifs is 1. The van der Waals surface area contributed by atoms with Crippen LogP contribution in [0.25, 0.3) is 33.5 Å². The topological polar surface area (TPSA) is 25.2 Å². The summed E-state index contributed by atoms with van der Waals surface area (Å²) in [5, 5.41) is 4.25. The number of hydrogen-bond donors (Lipinski definition) is 0. The zero-order valence-corrected chi connectivity index (χ0v) is 16.6.